The van der Waals surface area contributed by atoms with E-state index < -0.39 is 17.7 Å². The van der Waals surface area contributed by atoms with Crippen molar-refractivity contribution in [2.75, 3.05) is 7.11 Å². The summed E-state index contributed by atoms with van der Waals surface area (Å²) >= 11 is 0. The van der Waals surface area contributed by atoms with Gasteiger partial charge in [0.25, 0.3) is 0 Å². The van der Waals surface area contributed by atoms with Crippen LogP contribution >= 0.6 is 0 Å². The molecule has 0 bridgehead atoms. The van der Waals surface area contributed by atoms with Gasteiger partial charge >= 0.3 is 11.9 Å². The number of carbonyl (C=O) groups excluding carboxylic acids is 3. The highest BCUT2D eigenvalue weighted by atomic mass is 16.5. The molecule has 0 unspecified atom stereocenters. The highest BCUT2D eigenvalue weighted by Gasteiger charge is 2.34. The molecule has 0 aromatic heterocycles. The number of phenols is 1. The number of esters is 2. The minimum absolute atomic E-state index is 0.00426. The summed E-state index contributed by atoms with van der Waals surface area (Å²) in [7, 11) is 1.25. The number of rotatable bonds is 16. The molecule has 0 radical (unpaired) electrons. The highest BCUT2D eigenvalue weighted by Crippen LogP contribution is 2.39. The molecule has 1 N–H and O–H groups in total. The molecule has 9 heteroatoms. The fourth-order valence-corrected chi connectivity index (χ4v) is 7.19. The van der Waals surface area contributed by atoms with Crippen LogP contribution in [0.3, 0.4) is 0 Å². The van der Waals surface area contributed by atoms with Crippen LogP contribution in [0.4, 0.5) is 0 Å². The first kappa shape index (κ1) is 39.4. The number of hydrogen-bond acceptors (Lipinski definition) is 9. The van der Waals surface area contributed by atoms with E-state index in [1.807, 2.05) is 103 Å². The van der Waals surface area contributed by atoms with Crippen molar-refractivity contribution in [3.05, 3.63) is 190 Å². The quantitative estimate of drug-likeness (QED) is 0.0757. The van der Waals surface area contributed by atoms with Gasteiger partial charge in [-0.15, -0.1) is 0 Å². The number of methoxy groups -OCH3 is 1. The molecule has 1 fully saturated rings. The maximum absolute atomic E-state index is 15.2. The molecule has 0 aliphatic heterocycles. The van der Waals surface area contributed by atoms with Gasteiger partial charge in [0.05, 0.1) is 23.8 Å². The number of carbonyl (C=O) groups is 3. The summed E-state index contributed by atoms with van der Waals surface area (Å²) in [4.78, 5) is 42.7. The van der Waals surface area contributed by atoms with Crippen LogP contribution in [0, 0.1) is 5.92 Å². The molecular weight excluding hydrogens is 733 g/mol. The second kappa shape index (κ2) is 18.8. The van der Waals surface area contributed by atoms with Gasteiger partial charge in [-0.3, -0.25) is 4.79 Å². The summed E-state index contributed by atoms with van der Waals surface area (Å²) < 4.78 is 30.5. The molecule has 1 aliphatic carbocycles. The average Bonchev–Trinajstić information content (AvgIpc) is 3.70. The normalized spacial score (nSPS) is 14.6. The zero-order valence-corrected chi connectivity index (χ0v) is 32.2. The summed E-state index contributed by atoms with van der Waals surface area (Å²) in [5.74, 6) is -1.38. The van der Waals surface area contributed by atoms with E-state index in [9.17, 15) is 14.7 Å². The van der Waals surface area contributed by atoms with Gasteiger partial charge in [-0.05, 0) is 90.3 Å². The Kier molecular flexibility index (Phi) is 12.8. The molecule has 0 saturated heterocycles. The van der Waals surface area contributed by atoms with Crippen LogP contribution in [0.25, 0.3) is 0 Å². The van der Waals surface area contributed by atoms with Gasteiger partial charge < -0.3 is 28.8 Å². The van der Waals surface area contributed by atoms with Crippen LogP contribution in [-0.2, 0) is 35.7 Å². The van der Waals surface area contributed by atoms with Crippen molar-refractivity contribution in [3.8, 4) is 23.0 Å². The van der Waals surface area contributed by atoms with Crippen molar-refractivity contribution < 1.29 is 43.2 Å². The van der Waals surface area contributed by atoms with E-state index in [4.69, 9.17) is 23.7 Å². The second-order valence-corrected chi connectivity index (χ2v) is 14.2. The number of aromatic hydroxyl groups is 1. The van der Waals surface area contributed by atoms with Crippen molar-refractivity contribution in [2.24, 2.45) is 5.92 Å². The van der Waals surface area contributed by atoms with E-state index in [1.165, 1.54) is 25.3 Å². The standard InChI is InChI=1S/C49H44O9/c1-54-49(53)40-20-12-22-42(55-30-34-13-5-2-6-14-34)45(40)47(51)46-43(56-31-35-15-7-3-8-16-35)28-38(29-44(46)57-32-36-17-9-4-10-18-36)48(52)58-41-21-11-19-37(41)27-33-23-25-39(50)26-24-33/h2-10,12-18,20,22-26,28-29,37,41,50H,11,19,21,27,30-32H2,1H3/t37-,41+/m0/s1. The average molecular weight is 777 g/mol. The topological polar surface area (TPSA) is 118 Å². The van der Waals surface area contributed by atoms with Gasteiger partial charge in [0, 0.05) is 0 Å². The molecule has 9 nitrogen and oxygen atoms in total. The van der Waals surface area contributed by atoms with Crippen molar-refractivity contribution >= 4 is 17.7 Å². The second-order valence-electron chi connectivity index (χ2n) is 14.2. The van der Waals surface area contributed by atoms with E-state index in [1.54, 1.807) is 24.3 Å². The Balaban J connectivity index is 1.30. The van der Waals surface area contributed by atoms with E-state index in [0.29, 0.717) is 12.8 Å². The zero-order chi connectivity index (χ0) is 40.3. The third kappa shape index (κ3) is 9.73. The van der Waals surface area contributed by atoms with E-state index in [0.717, 1.165) is 35.1 Å². The fraction of sp³-hybridized carbons (Fsp3) is 0.204. The van der Waals surface area contributed by atoms with Crippen molar-refractivity contribution in [2.45, 2.75) is 51.6 Å². The van der Waals surface area contributed by atoms with Crippen LogP contribution in [0.1, 0.15) is 78.2 Å². The number of ether oxygens (including phenoxy) is 5. The third-order valence-corrected chi connectivity index (χ3v) is 10.2. The lowest BCUT2D eigenvalue weighted by molar-refractivity contribution is 0.0206. The molecule has 0 amide bonds. The first-order chi connectivity index (χ1) is 28.4. The Morgan fingerprint density at radius 2 is 1.10 bits per heavy atom. The number of benzene rings is 6. The van der Waals surface area contributed by atoms with Crippen molar-refractivity contribution in [1.82, 2.24) is 0 Å². The summed E-state index contributed by atoms with van der Waals surface area (Å²) in [6.07, 6.45) is 2.84. The fourth-order valence-electron chi connectivity index (χ4n) is 7.19. The Morgan fingerprint density at radius 3 is 1.64 bits per heavy atom. The summed E-state index contributed by atoms with van der Waals surface area (Å²) in [6, 6.07) is 43.2. The Hall–Kier alpha value is -6.87. The lowest BCUT2D eigenvalue weighted by Gasteiger charge is -2.22. The van der Waals surface area contributed by atoms with Gasteiger partial charge in [0.15, 0.2) is 0 Å². The van der Waals surface area contributed by atoms with Crippen LogP contribution < -0.4 is 14.2 Å². The molecule has 1 saturated carbocycles. The van der Waals surface area contributed by atoms with E-state index in [-0.39, 0.29) is 77.1 Å². The molecule has 0 spiro atoms. The predicted octanol–water partition coefficient (Wildman–Crippen LogP) is 9.71. The monoisotopic (exact) mass is 776 g/mol. The molecular formula is C49H44O9. The molecule has 2 atom stereocenters. The first-order valence-electron chi connectivity index (χ1n) is 19.3. The van der Waals surface area contributed by atoms with Crippen LogP contribution in [0.5, 0.6) is 23.0 Å². The summed E-state index contributed by atoms with van der Waals surface area (Å²) in [6.45, 7) is 0.246. The van der Waals surface area contributed by atoms with Gasteiger partial charge in [0.1, 0.15) is 54.5 Å². The molecule has 6 aromatic carbocycles. The predicted molar refractivity (Wildman–Crippen MR) is 218 cm³/mol. The molecule has 58 heavy (non-hydrogen) atoms. The lowest BCUT2D eigenvalue weighted by atomic mass is 9.94. The van der Waals surface area contributed by atoms with Crippen molar-refractivity contribution in [3.63, 3.8) is 0 Å². The van der Waals surface area contributed by atoms with E-state index >= 15 is 4.79 Å². The van der Waals surface area contributed by atoms with Gasteiger partial charge in [0.2, 0.25) is 5.78 Å². The summed E-state index contributed by atoms with van der Waals surface area (Å²) in [5.41, 5.74) is 3.63. The maximum atomic E-state index is 15.2. The molecule has 7 rings (SSSR count). The molecule has 294 valence electrons. The van der Waals surface area contributed by atoms with Crippen LogP contribution in [-0.4, -0.2) is 36.0 Å². The number of phenolic OH excluding ortho intramolecular Hbond substituents is 1. The smallest absolute Gasteiger partial charge is 0.338 e. The molecule has 0 heterocycles. The number of hydrogen-bond donors (Lipinski definition) is 1. The third-order valence-electron chi connectivity index (χ3n) is 10.2. The largest absolute Gasteiger partial charge is 0.508 e. The lowest BCUT2D eigenvalue weighted by Crippen LogP contribution is -2.24. The van der Waals surface area contributed by atoms with Crippen LogP contribution in [0.2, 0.25) is 0 Å². The SMILES string of the molecule is COC(=O)c1cccc(OCc2ccccc2)c1C(=O)c1c(OCc2ccccc2)cc(C(=O)O[C@@H]2CCC[C@H]2Cc2ccc(O)cc2)cc1OCc1ccccc1. The van der Waals surface area contributed by atoms with Gasteiger partial charge in [-0.1, -0.05) is 109 Å². The first-order valence-corrected chi connectivity index (χ1v) is 19.3. The van der Waals surface area contributed by atoms with Gasteiger partial charge in [-0.2, -0.15) is 0 Å². The van der Waals surface area contributed by atoms with Crippen molar-refractivity contribution in [1.29, 1.82) is 0 Å². The van der Waals surface area contributed by atoms with E-state index in [2.05, 4.69) is 0 Å². The number of ketones is 1. The van der Waals surface area contributed by atoms with Crippen LogP contribution in [0.15, 0.2) is 146 Å². The minimum Gasteiger partial charge on any atom is -0.508 e. The van der Waals surface area contributed by atoms with Gasteiger partial charge in [-0.25, -0.2) is 9.59 Å². The minimum atomic E-state index is -0.731. The zero-order valence-electron chi connectivity index (χ0n) is 32.2. The summed E-state index contributed by atoms with van der Waals surface area (Å²) in [5, 5.41) is 9.78. The highest BCUT2D eigenvalue weighted by molar-refractivity contribution is 6.19. The molecule has 6 aromatic rings. The Bertz CT molecular complexity index is 2260. The molecule has 1 aliphatic rings. The Morgan fingerprint density at radius 1 is 0.569 bits per heavy atom. The Labute approximate surface area is 337 Å². The maximum Gasteiger partial charge on any atom is 0.338 e.